The Bertz CT molecular complexity index is 659. The number of hydrogen-bond donors (Lipinski definition) is 2. The maximum atomic E-state index is 11.4. The molecular formula is C15H12O3. The van der Waals surface area contributed by atoms with E-state index < -0.39 is 12.1 Å². The average Bonchev–Trinajstić information content (AvgIpc) is 2.63. The molecule has 1 unspecified atom stereocenters. The molecule has 1 aliphatic rings. The van der Waals surface area contributed by atoms with Crippen LogP contribution in [0.25, 0.3) is 11.1 Å². The molecule has 3 heteroatoms. The van der Waals surface area contributed by atoms with E-state index in [0.717, 1.165) is 16.7 Å². The lowest BCUT2D eigenvalue weighted by atomic mass is 9.96. The highest BCUT2D eigenvalue weighted by molar-refractivity contribution is 5.96. The molecule has 0 saturated heterocycles. The normalized spacial score (nSPS) is 16.2. The molecule has 1 atom stereocenters. The lowest BCUT2D eigenvalue weighted by Crippen LogP contribution is -2.07. The van der Waals surface area contributed by atoms with Gasteiger partial charge in [0.1, 0.15) is 6.10 Å². The summed E-state index contributed by atoms with van der Waals surface area (Å²) >= 11 is 0. The van der Waals surface area contributed by atoms with E-state index >= 15 is 0 Å². The highest BCUT2D eigenvalue weighted by atomic mass is 16.4. The molecule has 0 aliphatic heterocycles. The number of aryl methyl sites for hydroxylation is 1. The first-order valence-electron chi connectivity index (χ1n) is 5.75. The topological polar surface area (TPSA) is 57.5 Å². The van der Waals surface area contributed by atoms with E-state index in [1.54, 1.807) is 13.0 Å². The molecule has 2 N–H and O–H groups in total. The molecule has 2 aromatic carbocycles. The largest absolute Gasteiger partial charge is 0.478 e. The molecule has 3 nitrogen and oxygen atoms in total. The van der Waals surface area contributed by atoms with Crippen LogP contribution in [0, 0.1) is 6.92 Å². The SMILES string of the molecule is Cc1ccc2c(c1C(=O)O)C(O)c1ccccc1-2. The minimum absolute atomic E-state index is 0.219. The summed E-state index contributed by atoms with van der Waals surface area (Å²) in [6.45, 7) is 1.75. The van der Waals surface area contributed by atoms with E-state index in [9.17, 15) is 15.0 Å². The predicted molar refractivity (Wildman–Crippen MR) is 67.6 cm³/mol. The van der Waals surface area contributed by atoms with Crippen molar-refractivity contribution in [2.45, 2.75) is 13.0 Å². The second kappa shape index (κ2) is 3.68. The summed E-state index contributed by atoms with van der Waals surface area (Å²) in [4.78, 5) is 11.4. The molecule has 0 spiro atoms. The van der Waals surface area contributed by atoms with Crippen molar-refractivity contribution in [2.24, 2.45) is 0 Å². The van der Waals surface area contributed by atoms with Crippen molar-refractivity contribution >= 4 is 5.97 Å². The second-order valence-electron chi connectivity index (χ2n) is 4.51. The van der Waals surface area contributed by atoms with Crippen molar-refractivity contribution in [1.29, 1.82) is 0 Å². The Hall–Kier alpha value is -2.13. The van der Waals surface area contributed by atoms with Crippen LogP contribution < -0.4 is 0 Å². The molecule has 90 valence electrons. The highest BCUT2D eigenvalue weighted by Crippen LogP contribution is 2.45. The summed E-state index contributed by atoms with van der Waals surface area (Å²) in [6, 6.07) is 11.2. The number of hydrogen-bond acceptors (Lipinski definition) is 2. The van der Waals surface area contributed by atoms with E-state index in [-0.39, 0.29) is 5.56 Å². The molecule has 2 aromatic rings. The number of carboxylic acids is 1. The smallest absolute Gasteiger partial charge is 0.336 e. The maximum absolute atomic E-state index is 11.4. The first kappa shape index (κ1) is 11.0. The third-order valence-electron chi connectivity index (χ3n) is 3.49. The van der Waals surface area contributed by atoms with Gasteiger partial charge < -0.3 is 10.2 Å². The first-order valence-corrected chi connectivity index (χ1v) is 5.75. The zero-order chi connectivity index (χ0) is 12.9. The number of benzene rings is 2. The zero-order valence-corrected chi connectivity index (χ0v) is 9.84. The fraction of sp³-hybridized carbons (Fsp3) is 0.133. The molecule has 3 rings (SSSR count). The minimum atomic E-state index is -0.990. The van der Waals surface area contributed by atoms with E-state index in [0.29, 0.717) is 11.1 Å². The van der Waals surface area contributed by atoms with Gasteiger partial charge >= 0.3 is 5.97 Å². The van der Waals surface area contributed by atoms with Crippen LogP contribution in [0.1, 0.15) is 33.2 Å². The van der Waals surface area contributed by atoms with Gasteiger partial charge in [-0.1, -0.05) is 36.4 Å². The third kappa shape index (κ3) is 1.31. The summed E-state index contributed by atoms with van der Waals surface area (Å²) in [5.41, 5.74) is 3.93. The standard InChI is InChI=1S/C15H12O3/c1-8-6-7-10-9-4-2-3-5-11(9)14(16)13(10)12(8)15(17)18/h2-7,14,16H,1H3,(H,17,18). The zero-order valence-electron chi connectivity index (χ0n) is 9.84. The summed E-state index contributed by atoms with van der Waals surface area (Å²) in [6.07, 6.45) is -0.845. The fourth-order valence-electron chi connectivity index (χ4n) is 2.67. The molecule has 0 saturated carbocycles. The maximum Gasteiger partial charge on any atom is 0.336 e. The highest BCUT2D eigenvalue weighted by Gasteiger charge is 2.31. The Labute approximate surface area is 104 Å². The Morgan fingerprint density at radius 2 is 1.83 bits per heavy atom. The number of aliphatic hydroxyl groups excluding tert-OH is 1. The summed E-state index contributed by atoms with van der Waals surface area (Å²) in [5, 5.41) is 19.6. The molecule has 0 amide bonds. The van der Waals surface area contributed by atoms with Gasteiger partial charge in [-0.15, -0.1) is 0 Å². The Morgan fingerprint density at radius 3 is 2.56 bits per heavy atom. The fourth-order valence-corrected chi connectivity index (χ4v) is 2.67. The minimum Gasteiger partial charge on any atom is -0.478 e. The Balaban J connectivity index is 2.37. The van der Waals surface area contributed by atoms with Gasteiger partial charge in [0.05, 0.1) is 5.56 Å². The van der Waals surface area contributed by atoms with Crippen molar-refractivity contribution in [3.63, 3.8) is 0 Å². The van der Waals surface area contributed by atoms with Crippen LogP contribution in [0.2, 0.25) is 0 Å². The molecule has 18 heavy (non-hydrogen) atoms. The van der Waals surface area contributed by atoms with Crippen molar-refractivity contribution < 1.29 is 15.0 Å². The van der Waals surface area contributed by atoms with Crippen LogP contribution in [0.4, 0.5) is 0 Å². The lowest BCUT2D eigenvalue weighted by molar-refractivity contribution is 0.0691. The summed E-state index contributed by atoms with van der Waals surface area (Å²) < 4.78 is 0. The monoisotopic (exact) mass is 240 g/mol. The lowest BCUT2D eigenvalue weighted by Gasteiger charge is -2.11. The van der Waals surface area contributed by atoms with E-state index in [1.165, 1.54) is 0 Å². The van der Waals surface area contributed by atoms with Crippen molar-refractivity contribution in [1.82, 2.24) is 0 Å². The number of fused-ring (bicyclic) bond motifs is 3. The van der Waals surface area contributed by atoms with Gasteiger partial charge in [-0.2, -0.15) is 0 Å². The van der Waals surface area contributed by atoms with Crippen LogP contribution in [0.5, 0.6) is 0 Å². The van der Waals surface area contributed by atoms with Crippen LogP contribution in [0.3, 0.4) is 0 Å². The molecule has 0 fully saturated rings. The summed E-state index contributed by atoms with van der Waals surface area (Å²) in [5.74, 6) is -0.990. The number of carbonyl (C=O) groups is 1. The van der Waals surface area contributed by atoms with Gasteiger partial charge in [0, 0.05) is 5.56 Å². The quantitative estimate of drug-likeness (QED) is 0.805. The number of aromatic carboxylic acids is 1. The van der Waals surface area contributed by atoms with E-state index in [4.69, 9.17) is 0 Å². The molecule has 0 heterocycles. The van der Waals surface area contributed by atoms with Gasteiger partial charge in [0.15, 0.2) is 0 Å². The van der Waals surface area contributed by atoms with Crippen LogP contribution in [-0.4, -0.2) is 16.2 Å². The third-order valence-corrected chi connectivity index (χ3v) is 3.49. The van der Waals surface area contributed by atoms with Crippen molar-refractivity contribution in [2.75, 3.05) is 0 Å². The van der Waals surface area contributed by atoms with Gasteiger partial charge in [0.2, 0.25) is 0 Å². The predicted octanol–water partition coefficient (Wildman–Crippen LogP) is 2.76. The van der Waals surface area contributed by atoms with Gasteiger partial charge in [0.25, 0.3) is 0 Å². The van der Waals surface area contributed by atoms with Crippen molar-refractivity contribution in [3.8, 4) is 11.1 Å². The van der Waals surface area contributed by atoms with Crippen LogP contribution in [-0.2, 0) is 0 Å². The second-order valence-corrected chi connectivity index (χ2v) is 4.51. The van der Waals surface area contributed by atoms with Gasteiger partial charge in [-0.25, -0.2) is 4.79 Å². The molecule has 0 bridgehead atoms. The Morgan fingerprint density at radius 1 is 1.11 bits per heavy atom. The van der Waals surface area contributed by atoms with Crippen molar-refractivity contribution in [3.05, 3.63) is 58.7 Å². The van der Waals surface area contributed by atoms with E-state index in [2.05, 4.69) is 0 Å². The van der Waals surface area contributed by atoms with Gasteiger partial charge in [-0.3, -0.25) is 0 Å². The summed E-state index contributed by atoms with van der Waals surface area (Å²) in [7, 11) is 0. The molecular weight excluding hydrogens is 228 g/mol. The first-order chi connectivity index (χ1) is 8.61. The number of carboxylic acid groups (broad SMARTS) is 1. The van der Waals surface area contributed by atoms with Gasteiger partial charge in [-0.05, 0) is 29.2 Å². The molecule has 0 aromatic heterocycles. The van der Waals surface area contributed by atoms with E-state index in [1.807, 2.05) is 30.3 Å². The van der Waals surface area contributed by atoms with Crippen LogP contribution >= 0.6 is 0 Å². The molecule has 1 aliphatic carbocycles. The Kier molecular flexibility index (Phi) is 2.25. The average molecular weight is 240 g/mol. The van der Waals surface area contributed by atoms with Crippen LogP contribution in [0.15, 0.2) is 36.4 Å². The number of aliphatic hydroxyl groups is 1. The number of rotatable bonds is 1. The molecule has 0 radical (unpaired) electrons.